The van der Waals surface area contributed by atoms with Crippen LogP contribution in [-0.2, 0) is 4.79 Å². The number of thiophene rings is 1. The van der Waals surface area contributed by atoms with Crippen LogP contribution in [0.2, 0.25) is 0 Å². The maximum absolute atomic E-state index is 13.4. The largest absolute Gasteiger partial charge is 0.511 e. The van der Waals surface area contributed by atoms with E-state index in [0.29, 0.717) is 22.0 Å². The molecule has 0 aliphatic heterocycles. The Kier molecular flexibility index (Phi) is 10.3. The molecule has 1 aromatic carbocycles. The lowest BCUT2D eigenvalue weighted by Crippen LogP contribution is -2.37. The number of hydrogen-bond acceptors (Lipinski definition) is 7. The summed E-state index contributed by atoms with van der Waals surface area (Å²) in [4.78, 5) is 34.9. The molecule has 214 valence electrons. The van der Waals surface area contributed by atoms with Crippen molar-refractivity contribution in [3.8, 4) is 11.4 Å². The van der Waals surface area contributed by atoms with Crippen molar-refractivity contribution < 1.29 is 14.6 Å². The highest BCUT2D eigenvalue weighted by atomic mass is 32.1. The fourth-order valence-corrected chi connectivity index (χ4v) is 6.48. The monoisotopic (exact) mass is 600 g/mol. The Morgan fingerprint density at radius 3 is 2.77 bits per heavy atom. The predicted molar refractivity (Wildman–Crippen MR) is 172 cm³/mol. The molecule has 4 aromatic rings. The number of carbonyl (C=O) groups excluding carboxylic acids is 1. The third-order valence-corrected chi connectivity index (χ3v) is 8.16. The molecule has 0 spiro atoms. The van der Waals surface area contributed by atoms with E-state index in [1.165, 1.54) is 17.4 Å². The van der Waals surface area contributed by atoms with Gasteiger partial charge in [-0.05, 0) is 81.9 Å². The molecule has 1 fully saturated rings. The number of benzene rings is 1. The van der Waals surface area contributed by atoms with Crippen molar-refractivity contribution in [3.63, 3.8) is 0 Å². The molecule has 8 nitrogen and oxygen atoms in total. The molecule has 0 radical (unpaired) electrons. The molecule has 3 aromatic heterocycles. The number of carbonyl (C=O) groups is 1. The fourth-order valence-electron chi connectivity index (χ4n) is 5.42. The molecule has 2 N–H and O–H groups in total. The third kappa shape index (κ3) is 6.31. The number of rotatable bonds is 7. The normalized spacial score (nSPS) is 17.7. The summed E-state index contributed by atoms with van der Waals surface area (Å²) < 4.78 is 8.00. The maximum Gasteiger partial charge on any atom is 0.353 e. The summed E-state index contributed by atoms with van der Waals surface area (Å²) in [7, 11) is 0. The Bertz CT molecular complexity index is 1650. The Morgan fingerprint density at radius 1 is 1.30 bits per heavy atom. The lowest BCUT2D eigenvalue weighted by Gasteiger charge is -2.29. The van der Waals surface area contributed by atoms with Gasteiger partial charge >= 0.3 is 5.69 Å². The smallest absolute Gasteiger partial charge is 0.353 e. The van der Waals surface area contributed by atoms with Crippen molar-refractivity contribution >= 4 is 71.2 Å². The Labute approximate surface area is 251 Å². The van der Waals surface area contributed by atoms with Crippen LogP contribution in [0.3, 0.4) is 0 Å². The fraction of sp³-hybridized carbons (Fsp3) is 0.379. The highest BCUT2D eigenvalue weighted by molar-refractivity contribution is 7.59. The Balaban J connectivity index is 0.00000220. The van der Waals surface area contributed by atoms with E-state index in [0.717, 1.165) is 52.9 Å². The first kappa shape index (κ1) is 31.5. The topological polar surface area (TPSA) is 106 Å². The van der Waals surface area contributed by atoms with Gasteiger partial charge in [0.25, 0.3) is 0 Å². The van der Waals surface area contributed by atoms with E-state index in [1.54, 1.807) is 10.8 Å². The second-order valence-electron chi connectivity index (χ2n) is 10.2. The van der Waals surface area contributed by atoms with Crippen molar-refractivity contribution in [3.05, 3.63) is 63.7 Å². The molecular weight excluding hydrogens is 565 g/mol. The standard InChI is InChI=1S/C29H32N4O4S.2H2S/c1-5-24(35)31-19-8-6-7-18(14-19)15-23(34)27-26-25-22(11-12-30-28(25)38-27)33(29(36)32-26)21-10-9-20(13-17(21)4)37-16(2)3;;/h5,9-13,16,18-19,34H,1,6-8,14-15H2,2-4H3,(H,31,35);2*1H2/t18-,19-;;/m0../s1. The number of nitrogens with one attached hydrogen (secondary N) is 1. The number of nitrogens with zero attached hydrogens (tertiary/aromatic N) is 3. The first-order valence-corrected chi connectivity index (χ1v) is 13.8. The minimum absolute atomic E-state index is 0. The van der Waals surface area contributed by atoms with Gasteiger partial charge in [0.1, 0.15) is 21.9 Å². The molecule has 11 heteroatoms. The molecular formula is C29H36N4O4S3. The SMILES string of the molecule is C=CC(=O)N[C@H]1CCC[C@H](CC(O)=c2sc3nccc4c3c2nc(=O)n4-c2ccc(OC(C)C)cc2C)C1.S.S. The van der Waals surface area contributed by atoms with Crippen LogP contribution in [-0.4, -0.2) is 37.7 Å². The molecule has 1 aliphatic carbocycles. The minimum Gasteiger partial charge on any atom is -0.511 e. The highest BCUT2D eigenvalue weighted by Crippen LogP contribution is 2.32. The second-order valence-corrected chi connectivity index (χ2v) is 11.2. The van der Waals surface area contributed by atoms with Gasteiger partial charge in [-0.2, -0.15) is 32.0 Å². The molecule has 0 saturated heterocycles. The van der Waals surface area contributed by atoms with E-state index in [2.05, 4.69) is 21.9 Å². The maximum atomic E-state index is 13.4. The molecule has 40 heavy (non-hydrogen) atoms. The van der Waals surface area contributed by atoms with Gasteiger partial charge in [0.15, 0.2) is 0 Å². The van der Waals surface area contributed by atoms with Crippen LogP contribution in [0.15, 0.2) is 47.9 Å². The van der Waals surface area contributed by atoms with E-state index in [4.69, 9.17) is 4.74 Å². The molecule has 5 rings (SSSR count). The number of hydrogen-bond donors (Lipinski definition) is 2. The van der Waals surface area contributed by atoms with Gasteiger partial charge < -0.3 is 15.2 Å². The van der Waals surface area contributed by atoms with Gasteiger partial charge in [0.05, 0.1) is 27.2 Å². The van der Waals surface area contributed by atoms with Gasteiger partial charge in [0, 0.05) is 18.7 Å². The molecule has 1 saturated carbocycles. The Hall–Kier alpha value is -3.02. The van der Waals surface area contributed by atoms with Crippen molar-refractivity contribution in [2.45, 2.75) is 65.0 Å². The molecule has 1 amide bonds. The molecule has 0 bridgehead atoms. The summed E-state index contributed by atoms with van der Waals surface area (Å²) in [5.41, 5.74) is 2.38. The van der Waals surface area contributed by atoms with E-state index in [9.17, 15) is 14.7 Å². The average molecular weight is 601 g/mol. The predicted octanol–water partition coefficient (Wildman–Crippen LogP) is 4.95. The highest BCUT2D eigenvalue weighted by Gasteiger charge is 2.25. The lowest BCUT2D eigenvalue weighted by atomic mass is 9.83. The van der Waals surface area contributed by atoms with Gasteiger partial charge in [-0.25, -0.2) is 9.78 Å². The summed E-state index contributed by atoms with van der Waals surface area (Å²) >= 11 is 1.35. The minimum atomic E-state index is -0.414. The van der Waals surface area contributed by atoms with Gasteiger partial charge in [-0.3, -0.25) is 9.36 Å². The van der Waals surface area contributed by atoms with Gasteiger partial charge in [-0.15, -0.1) is 11.3 Å². The summed E-state index contributed by atoms with van der Waals surface area (Å²) in [6.45, 7) is 9.41. The van der Waals surface area contributed by atoms with Gasteiger partial charge in [-0.1, -0.05) is 13.0 Å². The van der Waals surface area contributed by atoms with Crippen LogP contribution < -0.4 is 20.3 Å². The quantitative estimate of drug-likeness (QED) is 0.291. The number of aliphatic hydroxyl groups is 1. The van der Waals surface area contributed by atoms with Crippen LogP contribution in [0.5, 0.6) is 5.75 Å². The summed E-state index contributed by atoms with van der Waals surface area (Å²) in [6, 6.07) is 7.54. The summed E-state index contributed by atoms with van der Waals surface area (Å²) in [5, 5.41) is 15.0. The van der Waals surface area contributed by atoms with E-state index < -0.39 is 5.69 Å². The Morgan fingerprint density at radius 2 is 2.08 bits per heavy atom. The van der Waals surface area contributed by atoms with Crippen molar-refractivity contribution in [2.75, 3.05) is 0 Å². The average Bonchev–Trinajstić information content (AvgIpc) is 3.24. The lowest BCUT2D eigenvalue weighted by molar-refractivity contribution is -0.117. The summed E-state index contributed by atoms with van der Waals surface area (Å²) in [5.74, 6) is 1.00. The van der Waals surface area contributed by atoms with Crippen LogP contribution in [0.1, 0.15) is 51.5 Å². The van der Waals surface area contributed by atoms with Crippen LogP contribution in [0.4, 0.5) is 0 Å². The zero-order valence-electron chi connectivity index (χ0n) is 22.9. The van der Waals surface area contributed by atoms with Crippen LogP contribution in [0.25, 0.3) is 32.7 Å². The molecule has 3 heterocycles. The van der Waals surface area contributed by atoms with Crippen LogP contribution >= 0.6 is 38.3 Å². The zero-order chi connectivity index (χ0) is 27.0. The number of amides is 1. The summed E-state index contributed by atoms with van der Waals surface area (Å²) in [6.07, 6.45) is 7.12. The van der Waals surface area contributed by atoms with Crippen molar-refractivity contribution in [2.24, 2.45) is 5.92 Å². The van der Waals surface area contributed by atoms with E-state index >= 15 is 0 Å². The van der Waals surface area contributed by atoms with E-state index in [-0.39, 0.29) is 56.7 Å². The first-order valence-electron chi connectivity index (χ1n) is 13.0. The zero-order valence-corrected chi connectivity index (χ0v) is 25.7. The third-order valence-electron chi connectivity index (χ3n) is 7.02. The second kappa shape index (κ2) is 13.1. The number of aliphatic hydroxyl groups excluding tert-OH is 1. The molecule has 1 aliphatic rings. The van der Waals surface area contributed by atoms with Crippen LogP contribution in [0, 0.1) is 12.8 Å². The van der Waals surface area contributed by atoms with E-state index in [1.807, 2.05) is 45.0 Å². The molecule has 0 unspecified atom stereocenters. The molecule has 2 atom stereocenters. The number of pyridine rings is 1. The first-order chi connectivity index (χ1) is 18.2. The number of aromatic nitrogens is 3. The van der Waals surface area contributed by atoms with Crippen molar-refractivity contribution in [1.82, 2.24) is 19.9 Å². The number of aryl methyl sites for hydroxylation is 1. The van der Waals surface area contributed by atoms with Crippen molar-refractivity contribution in [1.29, 1.82) is 0 Å². The number of ether oxygens (including phenoxy) is 1. The van der Waals surface area contributed by atoms with Gasteiger partial charge in [0.2, 0.25) is 5.91 Å².